The Morgan fingerprint density at radius 3 is 2.70 bits per heavy atom. The number of aromatic amines is 1. The number of thiazole rings is 1. The van der Waals surface area contributed by atoms with Crippen molar-refractivity contribution in [3.05, 3.63) is 34.6 Å². The van der Waals surface area contributed by atoms with E-state index in [1.165, 1.54) is 16.2 Å². The van der Waals surface area contributed by atoms with Gasteiger partial charge in [0.25, 0.3) is 5.91 Å². The number of benzene rings is 1. The van der Waals surface area contributed by atoms with E-state index in [1.54, 1.807) is 14.1 Å². The largest absolute Gasteiger partial charge is 0.349 e. The van der Waals surface area contributed by atoms with Gasteiger partial charge in [-0.15, -0.1) is 11.3 Å². The first-order chi connectivity index (χ1) is 15.9. The third-order valence-corrected chi connectivity index (χ3v) is 8.36. The monoisotopic (exact) mass is 481 g/mol. The molecule has 1 aromatic carbocycles. The SMILES string of the molecule is CN(C)C(=O)c1nc2ccc(-c3c[nH]c4nc(N5[C@@H]6CC[C@H]5C[C@@H](N)C6)cnc34)c(Cl)c2s1. The van der Waals surface area contributed by atoms with Gasteiger partial charge in [0.2, 0.25) is 0 Å². The molecule has 3 atom stereocenters. The van der Waals surface area contributed by atoms with Crippen LogP contribution in [-0.4, -0.2) is 63.0 Å². The Bertz CT molecular complexity index is 1380. The number of H-pyrrole nitrogens is 1. The van der Waals surface area contributed by atoms with Gasteiger partial charge in [0.15, 0.2) is 10.7 Å². The number of rotatable bonds is 3. The summed E-state index contributed by atoms with van der Waals surface area (Å²) in [5, 5.41) is 0.992. The quantitative estimate of drug-likeness (QED) is 0.457. The fraction of sp³-hybridized carbons (Fsp3) is 0.391. The van der Waals surface area contributed by atoms with Crippen LogP contribution in [0.5, 0.6) is 0 Å². The van der Waals surface area contributed by atoms with Gasteiger partial charge in [-0.2, -0.15) is 0 Å². The van der Waals surface area contributed by atoms with E-state index in [-0.39, 0.29) is 11.9 Å². The van der Waals surface area contributed by atoms with E-state index in [2.05, 4.69) is 14.9 Å². The minimum absolute atomic E-state index is 0.132. The number of carbonyl (C=O) groups is 1. The number of fused-ring (bicyclic) bond motifs is 4. The highest BCUT2D eigenvalue weighted by atomic mass is 35.5. The number of nitrogens with one attached hydrogen (secondary N) is 1. The number of hydrogen-bond acceptors (Lipinski definition) is 7. The summed E-state index contributed by atoms with van der Waals surface area (Å²) in [5.74, 6) is 0.776. The summed E-state index contributed by atoms with van der Waals surface area (Å²) in [6.45, 7) is 0. The second-order valence-electron chi connectivity index (χ2n) is 9.15. The lowest BCUT2D eigenvalue weighted by Gasteiger charge is -2.38. The van der Waals surface area contributed by atoms with Crippen molar-refractivity contribution in [2.75, 3.05) is 19.0 Å². The van der Waals surface area contributed by atoms with Crippen LogP contribution in [0.3, 0.4) is 0 Å². The van der Waals surface area contributed by atoms with Gasteiger partial charge in [-0.1, -0.05) is 17.7 Å². The van der Waals surface area contributed by atoms with Gasteiger partial charge in [-0.05, 0) is 31.7 Å². The molecule has 0 saturated carbocycles. The van der Waals surface area contributed by atoms with Crippen molar-refractivity contribution in [3.8, 4) is 11.1 Å². The van der Waals surface area contributed by atoms with Gasteiger partial charge in [-0.3, -0.25) is 4.79 Å². The zero-order chi connectivity index (χ0) is 22.9. The number of anilines is 1. The number of aromatic nitrogens is 4. The number of halogens is 1. The van der Waals surface area contributed by atoms with Crippen molar-refractivity contribution in [2.24, 2.45) is 5.73 Å². The van der Waals surface area contributed by atoms with E-state index in [0.29, 0.717) is 27.6 Å². The summed E-state index contributed by atoms with van der Waals surface area (Å²) in [4.78, 5) is 33.7. The van der Waals surface area contributed by atoms with Crippen LogP contribution in [0.1, 0.15) is 35.5 Å². The summed E-state index contributed by atoms with van der Waals surface area (Å²) < 4.78 is 0.791. The van der Waals surface area contributed by atoms with Crippen molar-refractivity contribution in [1.29, 1.82) is 0 Å². The van der Waals surface area contributed by atoms with Crippen molar-refractivity contribution in [3.63, 3.8) is 0 Å². The average Bonchev–Trinajstić information content (AvgIpc) is 3.48. The van der Waals surface area contributed by atoms with E-state index in [0.717, 1.165) is 58.5 Å². The molecule has 33 heavy (non-hydrogen) atoms. The normalized spacial score (nSPS) is 22.4. The Labute approximate surface area is 199 Å². The standard InChI is InChI=1S/C23H24ClN7OS/c1-30(2)23(32)22-28-16-6-5-14(18(24)20(16)33-22)15-9-27-21-19(15)26-10-17(29-21)31-12-3-4-13(31)8-11(25)7-12/h5-6,9-13H,3-4,7-8,25H2,1-2H3,(H,27,29)/t11-,12+,13-. The Balaban J connectivity index is 1.39. The van der Waals surface area contributed by atoms with Gasteiger partial charge in [-0.25, -0.2) is 15.0 Å². The second kappa shape index (κ2) is 7.65. The highest BCUT2D eigenvalue weighted by molar-refractivity contribution is 7.21. The van der Waals surface area contributed by atoms with Crippen molar-refractivity contribution < 1.29 is 4.79 Å². The molecule has 0 radical (unpaired) electrons. The maximum Gasteiger partial charge on any atom is 0.282 e. The molecule has 1 amide bonds. The molecule has 3 N–H and O–H groups in total. The number of hydrogen-bond donors (Lipinski definition) is 2. The van der Waals surface area contributed by atoms with Crippen LogP contribution in [-0.2, 0) is 0 Å². The summed E-state index contributed by atoms with van der Waals surface area (Å²) in [6, 6.07) is 5.00. The van der Waals surface area contributed by atoms with Crippen LogP contribution in [0.2, 0.25) is 5.02 Å². The molecular weight excluding hydrogens is 458 g/mol. The Morgan fingerprint density at radius 1 is 1.21 bits per heavy atom. The Hall–Kier alpha value is -2.75. The van der Waals surface area contributed by atoms with Crippen molar-refractivity contribution in [2.45, 2.75) is 43.8 Å². The molecule has 2 fully saturated rings. The zero-order valence-electron chi connectivity index (χ0n) is 18.4. The third kappa shape index (κ3) is 3.29. The van der Waals surface area contributed by atoms with E-state index in [1.807, 2.05) is 24.5 Å². The topological polar surface area (TPSA) is 104 Å². The molecule has 2 bridgehead atoms. The van der Waals surface area contributed by atoms with E-state index in [4.69, 9.17) is 27.3 Å². The highest BCUT2D eigenvalue weighted by Crippen LogP contribution is 2.41. The van der Waals surface area contributed by atoms with Gasteiger partial charge in [0.1, 0.15) is 11.3 Å². The molecule has 0 aliphatic carbocycles. The first-order valence-corrected chi connectivity index (χ1v) is 12.3. The molecule has 3 aromatic heterocycles. The van der Waals surface area contributed by atoms with Crippen LogP contribution in [0, 0.1) is 0 Å². The van der Waals surface area contributed by atoms with Gasteiger partial charge < -0.3 is 20.5 Å². The first kappa shape index (κ1) is 20.8. The highest BCUT2D eigenvalue weighted by Gasteiger charge is 2.40. The molecular formula is C23H24ClN7OS. The lowest BCUT2D eigenvalue weighted by atomic mass is 9.98. The molecule has 2 aliphatic heterocycles. The number of piperidine rings is 1. The molecule has 4 aromatic rings. The van der Waals surface area contributed by atoms with Crippen LogP contribution in [0.4, 0.5) is 5.82 Å². The predicted octanol–water partition coefficient (Wildman–Crippen LogP) is 4.05. The molecule has 2 aliphatic rings. The zero-order valence-corrected chi connectivity index (χ0v) is 20.0. The summed E-state index contributed by atoms with van der Waals surface area (Å²) in [5.41, 5.74) is 10.2. The maximum absolute atomic E-state index is 12.3. The molecule has 10 heteroatoms. The lowest BCUT2D eigenvalue weighted by Crippen LogP contribution is -2.47. The fourth-order valence-electron chi connectivity index (χ4n) is 5.26. The average molecular weight is 482 g/mol. The molecule has 6 rings (SSSR count). The predicted molar refractivity (Wildman–Crippen MR) is 132 cm³/mol. The maximum atomic E-state index is 12.3. The third-order valence-electron chi connectivity index (χ3n) is 6.78. The smallest absolute Gasteiger partial charge is 0.282 e. The van der Waals surface area contributed by atoms with Gasteiger partial charge in [0, 0.05) is 49.5 Å². The minimum Gasteiger partial charge on any atom is -0.349 e. The van der Waals surface area contributed by atoms with Crippen molar-refractivity contribution >= 4 is 56.0 Å². The molecule has 5 heterocycles. The van der Waals surface area contributed by atoms with Crippen LogP contribution in [0.25, 0.3) is 32.5 Å². The first-order valence-electron chi connectivity index (χ1n) is 11.1. The fourth-order valence-corrected chi connectivity index (χ4v) is 6.66. The molecule has 8 nitrogen and oxygen atoms in total. The van der Waals surface area contributed by atoms with Crippen LogP contribution < -0.4 is 10.6 Å². The summed E-state index contributed by atoms with van der Waals surface area (Å²) in [6.07, 6.45) is 8.11. The van der Waals surface area contributed by atoms with Crippen LogP contribution >= 0.6 is 22.9 Å². The summed E-state index contributed by atoms with van der Waals surface area (Å²) in [7, 11) is 3.42. The van der Waals surface area contributed by atoms with Crippen LogP contribution in [0.15, 0.2) is 24.5 Å². The van der Waals surface area contributed by atoms with E-state index < -0.39 is 0 Å². The Kier molecular flexibility index (Phi) is 4.83. The van der Waals surface area contributed by atoms with E-state index >= 15 is 0 Å². The van der Waals surface area contributed by atoms with Crippen molar-refractivity contribution in [1.82, 2.24) is 24.8 Å². The minimum atomic E-state index is -0.132. The summed E-state index contributed by atoms with van der Waals surface area (Å²) >= 11 is 8.12. The second-order valence-corrected chi connectivity index (χ2v) is 10.5. The Morgan fingerprint density at radius 2 is 1.97 bits per heavy atom. The number of nitrogens with zero attached hydrogens (tertiary/aromatic N) is 5. The molecule has 0 spiro atoms. The number of nitrogens with two attached hydrogens (primary N) is 1. The number of carbonyl (C=O) groups excluding carboxylic acids is 1. The lowest BCUT2D eigenvalue weighted by molar-refractivity contribution is 0.0827. The molecule has 2 saturated heterocycles. The molecule has 0 unspecified atom stereocenters. The molecule has 170 valence electrons. The van der Waals surface area contributed by atoms with E-state index in [9.17, 15) is 4.79 Å². The van der Waals surface area contributed by atoms with Gasteiger partial charge in [0.05, 0.1) is 21.4 Å². The number of amides is 1. The van der Waals surface area contributed by atoms with Gasteiger partial charge >= 0.3 is 0 Å².